The summed E-state index contributed by atoms with van der Waals surface area (Å²) in [6.07, 6.45) is 0. The maximum absolute atomic E-state index is 13.1. The molecule has 1 heterocycles. The summed E-state index contributed by atoms with van der Waals surface area (Å²) >= 11 is 0. The normalized spacial score (nSPS) is 11.1. The number of likely N-dealkylation sites (N-methyl/N-ethyl adjacent to an activating group) is 1. The summed E-state index contributed by atoms with van der Waals surface area (Å²) in [6.45, 7) is 1.64. The van der Waals surface area contributed by atoms with E-state index in [4.69, 9.17) is 4.74 Å². The number of ether oxygens (including phenoxy) is 1. The van der Waals surface area contributed by atoms with Gasteiger partial charge < -0.3 is 14.7 Å². The lowest BCUT2D eigenvalue weighted by Crippen LogP contribution is -2.35. The molecular formula is C10H16FN3O4. The molecule has 0 amide bonds. The number of rotatable bonds is 6. The van der Waals surface area contributed by atoms with Crippen LogP contribution < -0.4 is 11.2 Å². The maximum Gasteiger partial charge on any atom is 0.331 e. The van der Waals surface area contributed by atoms with Gasteiger partial charge in [0.2, 0.25) is 11.7 Å². The van der Waals surface area contributed by atoms with Crippen LogP contribution in [0.25, 0.3) is 0 Å². The Kier molecular flexibility index (Phi) is 5.05. The molecule has 0 aliphatic carbocycles. The Morgan fingerprint density at radius 1 is 1.44 bits per heavy atom. The zero-order chi connectivity index (χ0) is 13.7. The van der Waals surface area contributed by atoms with E-state index in [1.807, 2.05) is 4.90 Å². The molecule has 1 aromatic rings. The molecule has 0 unspecified atom stereocenters. The zero-order valence-corrected chi connectivity index (χ0v) is 10.3. The second-order valence-corrected chi connectivity index (χ2v) is 3.84. The van der Waals surface area contributed by atoms with Gasteiger partial charge in [-0.15, -0.1) is 0 Å². The molecule has 0 fully saturated rings. The molecule has 0 saturated carbocycles. The number of hydrogen-bond acceptors (Lipinski definition) is 5. The van der Waals surface area contributed by atoms with Gasteiger partial charge in [0.25, 0.3) is 5.56 Å². The van der Waals surface area contributed by atoms with Gasteiger partial charge in [-0.25, -0.2) is 4.79 Å². The van der Waals surface area contributed by atoms with E-state index >= 15 is 0 Å². The van der Waals surface area contributed by atoms with Gasteiger partial charge in [0.1, 0.15) is 0 Å². The molecule has 18 heavy (non-hydrogen) atoms. The molecule has 0 aliphatic heterocycles. The topological polar surface area (TPSA) is 87.6 Å². The third-order valence-electron chi connectivity index (χ3n) is 2.50. The molecule has 1 aromatic heterocycles. The van der Waals surface area contributed by atoms with Crippen LogP contribution in [0.1, 0.15) is 0 Å². The summed E-state index contributed by atoms with van der Waals surface area (Å²) in [4.78, 5) is 25.9. The summed E-state index contributed by atoms with van der Waals surface area (Å²) in [5, 5.41) is 9.37. The van der Waals surface area contributed by atoms with Gasteiger partial charge in [0, 0.05) is 26.7 Å². The van der Waals surface area contributed by atoms with Gasteiger partial charge in [-0.3, -0.25) is 14.3 Å². The molecule has 102 valence electrons. The lowest BCUT2D eigenvalue weighted by molar-refractivity contribution is 0.158. The minimum absolute atomic E-state index is 0.0680. The fraction of sp³-hybridized carbons (Fsp3) is 0.600. The monoisotopic (exact) mass is 261 g/mol. The van der Waals surface area contributed by atoms with Crippen molar-refractivity contribution in [3.8, 4) is 5.88 Å². The average Bonchev–Trinajstić information content (AvgIpc) is 2.33. The molecule has 0 atom stereocenters. The van der Waals surface area contributed by atoms with Gasteiger partial charge in [-0.2, -0.15) is 4.39 Å². The molecule has 0 aliphatic rings. The second-order valence-electron chi connectivity index (χ2n) is 3.84. The number of hydrogen-bond donors (Lipinski definition) is 2. The Labute approximate surface area is 102 Å². The number of aromatic hydroxyl groups is 1. The summed E-state index contributed by atoms with van der Waals surface area (Å²) in [5.41, 5.74) is -2.06. The quantitative estimate of drug-likeness (QED) is 0.683. The van der Waals surface area contributed by atoms with Crippen LogP contribution in [0.15, 0.2) is 9.59 Å². The highest BCUT2D eigenvalue weighted by Crippen LogP contribution is 2.06. The first-order chi connectivity index (χ1) is 8.47. The van der Waals surface area contributed by atoms with Crippen LogP contribution in [0.2, 0.25) is 0 Å². The van der Waals surface area contributed by atoms with Crippen molar-refractivity contribution in [3.05, 3.63) is 26.7 Å². The standard InChI is InChI=1S/C10H16FN3O4/c1-13(5-6-18-2)3-4-14-9(16)7(11)8(15)12-10(14)17/h16H,3-6H2,1-2H3,(H,12,15,17). The van der Waals surface area contributed by atoms with Crippen LogP contribution in [0, 0.1) is 5.82 Å². The predicted octanol–water partition coefficient (Wildman–Crippen LogP) is -1.04. The highest BCUT2D eigenvalue weighted by atomic mass is 19.1. The SMILES string of the molecule is COCCN(C)CCn1c(O)c(F)c(=O)[nH]c1=O. The molecule has 0 aromatic carbocycles. The van der Waals surface area contributed by atoms with Crippen molar-refractivity contribution in [2.24, 2.45) is 0 Å². The Hall–Kier alpha value is -1.67. The minimum Gasteiger partial charge on any atom is -0.492 e. The van der Waals surface area contributed by atoms with E-state index in [2.05, 4.69) is 0 Å². The third-order valence-corrected chi connectivity index (χ3v) is 2.50. The number of aromatic amines is 1. The van der Waals surface area contributed by atoms with E-state index < -0.39 is 22.9 Å². The second kappa shape index (κ2) is 6.31. The first kappa shape index (κ1) is 14.4. The van der Waals surface area contributed by atoms with Gasteiger partial charge in [0.05, 0.1) is 6.61 Å². The maximum atomic E-state index is 13.1. The Morgan fingerprint density at radius 3 is 2.72 bits per heavy atom. The summed E-state index contributed by atoms with van der Waals surface area (Å²) in [6, 6.07) is 0. The van der Waals surface area contributed by atoms with Crippen LogP contribution in [0.4, 0.5) is 4.39 Å². The van der Waals surface area contributed by atoms with Crippen molar-refractivity contribution < 1.29 is 14.2 Å². The molecular weight excluding hydrogens is 245 g/mol. The Morgan fingerprint density at radius 2 is 2.11 bits per heavy atom. The van der Waals surface area contributed by atoms with E-state index in [1.165, 1.54) is 0 Å². The van der Waals surface area contributed by atoms with Crippen LogP contribution in [0.5, 0.6) is 5.88 Å². The largest absolute Gasteiger partial charge is 0.492 e. The molecule has 0 bridgehead atoms. The zero-order valence-electron chi connectivity index (χ0n) is 10.3. The lowest BCUT2D eigenvalue weighted by atomic mass is 10.4. The van der Waals surface area contributed by atoms with Crippen molar-refractivity contribution in [1.82, 2.24) is 14.5 Å². The number of methoxy groups -OCH3 is 1. The van der Waals surface area contributed by atoms with Crippen LogP contribution in [-0.4, -0.2) is 53.4 Å². The Bertz CT molecular complexity index is 511. The van der Waals surface area contributed by atoms with E-state index in [0.29, 0.717) is 19.7 Å². The van der Waals surface area contributed by atoms with Crippen LogP contribution in [0.3, 0.4) is 0 Å². The van der Waals surface area contributed by atoms with Crippen molar-refractivity contribution in [3.63, 3.8) is 0 Å². The van der Waals surface area contributed by atoms with E-state index in [-0.39, 0.29) is 6.54 Å². The number of aromatic nitrogens is 2. The van der Waals surface area contributed by atoms with E-state index in [1.54, 1.807) is 19.1 Å². The van der Waals surface area contributed by atoms with Crippen molar-refractivity contribution in [2.45, 2.75) is 6.54 Å². The fourth-order valence-corrected chi connectivity index (χ4v) is 1.37. The number of H-pyrrole nitrogens is 1. The highest BCUT2D eigenvalue weighted by molar-refractivity contribution is 5.09. The summed E-state index contributed by atoms with van der Waals surface area (Å²) in [5.74, 6) is -2.29. The molecule has 2 N–H and O–H groups in total. The Balaban J connectivity index is 2.77. The molecule has 0 saturated heterocycles. The number of halogens is 1. The van der Waals surface area contributed by atoms with E-state index in [9.17, 15) is 19.1 Å². The van der Waals surface area contributed by atoms with Gasteiger partial charge >= 0.3 is 5.69 Å². The molecule has 7 nitrogen and oxygen atoms in total. The smallest absolute Gasteiger partial charge is 0.331 e. The van der Waals surface area contributed by atoms with Crippen molar-refractivity contribution in [2.75, 3.05) is 33.9 Å². The summed E-state index contributed by atoms with van der Waals surface area (Å²) < 4.78 is 18.8. The van der Waals surface area contributed by atoms with Crippen LogP contribution >= 0.6 is 0 Å². The number of nitrogens with zero attached hydrogens (tertiary/aromatic N) is 2. The first-order valence-electron chi connectivity index (χ1n) is 5.36. The average molecular weight is 261 g/mol. The molecule has 0 radical (unpaired) electrons. The number of nitrogens with one attached hydrogen (secondary N) is 1. The minimum atomic E-state index is -1.35. The van der Waals surface area contributed by atoms with Crippen molar-refractivity contribution >= 4 is 0 Å². The lowest BCUT2D eigenvalue weighted by Gasteiger charge is -2.16. The highest BCUT2D eigenvalue weighted by Gasteiger charge is 2.13. The van der Waals surface area contributed by atoms with Gasteiger partial charge in [-0.05, 0) is 7.05 Å². The molecule has 1 rings (SSSR count). The predicted molar refractivity (Wildman–Crippen MR) is 62.3 cm³/mol. The van der Waals surface area contributed by atoms with Gasteiger partial charge in [-0.1, -0.05) is 0 Å². The van der Waals surface area contributed by atoms with Crippen molar-refractivity contribution in [1.29, 1.82) is 0 Å². The third kappa shape index (κ3) is 3.41. The van der Waals surface area contributed by atoms with E-state index in [0.717, 1.165) is 4.57 Å². The fourth-order valence-electron chi connectivity index (χ4n) is 1.37. The molecule has 0 spiro atoms. The molecule has 8 heteroatoms. The van der Waals surface area contributed by atoms with Gasteiger partial charge in [0.15, 0.2) is 0 Å². The van der Waals surface area contributed by atoms with Crippen LogP contribution in [-0.2, 0) is 11.3 Å². The first-order valence-corrected chi connectivity index (χ1v) is 5.36. The summed E-state index contributed by atoms with van der Waals surface area (Å²) in [7, 11) is 3.37.